The van der Waals surface area contributed by atoms with Crippen molar-refractivity contribution in [2.45, 2.75) is 65.6 Å². The van der Waals surface area contributed by atoms with Crippen molar-refractivity contribution in [2.24, 2.45) is 0 Å². The van der Waals surface area contributed by atoms with Crippen molar-refractivity contribution < 1.29 is 9.47 Å². The van der Waals surface area contributed by atoms with Gasteiger partial charge in [0.05, 0.1) is 19.5 Å². The average Bonchev–Trinajstić information content (AvgIpc) is 3.42. The maximum atomic E-state index is 6.49. The molecule has 2 aliphatic rings. The summed E-state index contributed by atoms with van der Waals surface area (Å²) in [7, 11) is 0. The average molecular weight is 499 g/mol. The standard InChI is InChI=1S/C26H26O2S4/c1-12(2)18-11-17-24(30-18)22-15(26(6,7)28-17)10-20(32-22)19-9-14-21(31-19)23-16(8-13(3)29-23)27-25(14,4)5/h8-12H,1-7H3. The first kappa shape index (κ1) is 21.0. The lowest BCUT2D eigenvalue weighted by molar-refractivity contribution is 0.107. The molecular formula is C26H26O2S4. The molecule has 0 aliphatic carbocycles. The van der Waals surface area contributed by atoms with Crippen LogP contribution < -0.4 is 9.47 Å². The van der Waals surface area contributed by atoms with Gasteiger partial charge < -0.3 is 9.47 Å². The molecule has 0 radical (unpaired) electrons. The lowest BCUT2D eigenvalue weighted by Crippen LogP contribution is -2.27. The second-order valence-electron chi connectivity index (χ2n) is 9.98. The Morgan fingerprint density at radius 3 is 1.69 bits per heavy atom. The third-order valence-corrected chi connectivity index (χ3v) is 11.5. The monoisotopic (exact) mass is 498 g/mol. The van der Waals surface area contributed by atoms with Crippen molar-refractivity contribution in [3.63, 3.8) is 0 Å². The van der Waals surface area contributed by atoms with Gasteiger partial charge in [-0.1, -0.05) is 13.8 Å². The van der Waals surface area contributed by atoms with Gasteiger partial charge in [0.2, 0.25) is 0 Å². The fraction of sp³-hybridized carbons (Fsp3) is 0.385. The van der Waals surface area contributed by atoms with Gasteiger partial charge in [0.25, 0.3) is 0 Å². The normalized spacial score (nSPS) is 17.2. The van der Waals surface area contributed by atoms with Crippen LogP contribution in [0.4, 0.5) is 0 Å². The van der Waals surface area contributed by atoms with Crippen LogP contribution in [0.3, 0.4) is 0 Å². The Morgan fingerprint density at radius 2 is 1.16 bits per heavy atom. The highest BCUT2D eigenvalue weighted by Crippen LogP contribution is 2.58. The minimum absolute atomic E-state index is 0.322. The first-order chi connectivity index (χ1) is 15.0. The molecule has 6 heterocycles. The predicted octanol–water partition coefficient (Wildman–Crippen LogP) is 9.62. The zero-order valence-corrected chi connectivity index (χ0v) is 22.6. The molecule has 0 bridgehead atoms. The van der Waals surface area contributed by atoms with Crippen molar-refractivity contribution >= 4 is 45.3 Å². The van der Waals surface area contributed by atoms with E-state index in [1.54, 1.807) is 0 Å². The Hall–Kier alpha value is -1.60. The van der Waals surface area contributed by atoms with E-state index in [1.807, 2.05) is 45.3 Å². The van der Waals surface area contributed by atoms with Gasteiger partial charge >= 0.3 is 0 Å². The van der Waals surface area contributed by atoms with Crippen molar-refractivity contribution in [2.75, 3.05) is 0 Å². The SMILES string of the molecule is Cc1cc2c(s1)-c1sc(-c3cc4c(s3)-c3sc(C(C)C)cc3OC4(C)C)cc1C(C)(C)O2. The molecule has 0 saturated heterocycles. The minimum Gasteiger partial charge on any atom is -0.482 e. The summed E-state index contributed by atoms with van der Waals surface area (Å²) in [6.45, 7) is 15.4. The number of hydrogen-bond donors (Lipinski definition) is 0. The lowest BCUT2D eigenvalue weighted by atomic mass is 9.94. The summed E-state index contributed by atoms with van der Waals surface area (Å²) in [6, 6.07) is 9.15. The lowest BCUT2D eigenvalue weighted by Gasteiger charge is -2.31. The second-order valence-corrected chi connectivity index (χ2v) is 14.4. The highest BCUT2D eigenvalue weighted by atomic mass is 32.1. The molecule has 6 rings (SSSR count). The van der Waals surface area contributed by atoms with E-state index in [0.717, 1.165) is 11.5 Å². The molecule has 0 N–H and O–H groups in total. The Labute approximate surface area is 205 Å². The third kappa shape index (κ3) is 2.99. The molecule has 0 amide bonds. The molecule has 4 aromatic heterocycles. The van der Waals surface area contributed by atoms with Gasteiger partial charge in [0.15, 0.2) is 0 Å². The Morgan fingerprint density at radius 1 is 0.656 bits per heavy atom. The molecule has 0 fully saturated rings. The second kappa shape index (κ2) is 6.72. The molecule has 6 heteroatoms. The first-order valence-corrected chi connectivity index (χ1v) is 14.2. The molecule has 0 spiro atoms. The van der Waals surface area contributed by atoms with Gasteiger partial charge in [-0.15, -0.1) is 45.3 Å². The maximum Gasteiger partial charge on any atom is 0.140 e. The highest BCUT2D eigenvalue weighted by Gasteiger charge is 2.39. The van der Waals surface area contributed by atoms with Crippen molar-refractivity contribution in [3.8, 4) is 40.8 Å². The highest BCUT2D eigenvalue weighted by molar-refractivity contribution is 7.29. The fourth-order valence-corrected chi connectivity index (χ4v) is 9.56. The van der Waals surface area contributed by atoms with Crippen LogP contribution in [0.5, 0.6) is 11.5 Å². The fourth-order valence-electron chi connectivity index (χ4n) is 4.55. The molecule has 32 heavy (non-hydrogen) atoms. The molecule has 166 valence electrons. The zero-order valence-electron chi connectivity index (χ0n) is 19.3. The molecule has 0 atom stereocenters. The molecule has 0 saturated carbocycles. The Bertz CT molecular complexity index is 1370. The van der Waals surface area contributed by atoms with Crippen LogP contribution in [0.25, 0.3) is 29.3 Å². The van der Waals surface area contributed by atoms with E-state index in [2.05, 4.69) is 72.7 Å². The molecule has 2 aliphatic heterocycles. The van der Waals surface area contributed by atoms with Crippen LogP contribution in [0.15, 0.2) is 24.3 Å². The molecular weight excluding hydrogens is 473 g/mol. The summed E-state index contributed by atoms with van der Waals surface area (Å²) in [5.41, 5.74) is 1.95. The molecule has 2 nitrogen and oxygen atoms in total. The van der Waals surface area contributed by atoms with Gasteiger partial charge in [-0.05, 0) is 64.8 Å². The molecule has 4 aromatic rings. The summed E-state index contributed by atoms with van der Waals surface area (Å²) in [5.74, 6) is 2.58. The van der Waals surface area contributed by atoms with Gasteiger partial charge in [0, 0.05) is 30.6 Å². The van der Waals surface area contributed by atoms with E-state index >= 15 is 0 Å². The third-order valence-electron chi connectivity index (χ3n) is 6.25. The largest absolute Gasteiger partial charge is 0.482 e. The first-order valence-electron chi connectivity index (χ1n) is 11.0. The van der Waals surface area contributed by atoms with Crippen LogP contribution in [0, 0.1) is 6.92 Å². The molecule has 0 aromatic carbocycles. The number of hydrogen-bond acceptors (Lipinski definition) is 6. The van der Waals surface area contributed by atoms with E-state index in [9.17, 15) is 0 Å². The summed E-state index contributed by atoms with van der Waals surface area (Å²) >= 11 is 7.54. The van der Waals surface area contributed by atoms with E-state index in [4.69, 9.17) is 9.47 Å². The van der Waals surface area contributed by atoms with Gasteiger partial charge in [-0.2, -0.15) is 0 Å². The number of ether oxygens (including phenoxy) is 2. The number of rotatable bonds is 2. The summed E-state index contributed by atoms with van der Waals surface area (Å²) in [6.07, 6.45) is 0. The Balaban J connectivity index is 1.51. The number of thiophene rings is 4. The quantitative estimate of drug-likeness (QED) is 0.274. The minimum atomic E-state index is -0.330. The van der Waals surface area contributed by atoms with Crippen LogP contribution in [0.1, 0.15) is 68.3 Å². The van der Waals surface area contributed by atoms with E-state index in [-0.39, 0.29) is 11.2 Å². The van der Waals surface area contributed by atoms with Crippen LogP contribution in [-0.4, -0.2) is 0 Å². The van der Waals surface area contributed by atoms with Gasteiger partial charge in [-0.3, -0.25) is 0 Å². The molecule has 0 unspecified atom stereocenters. The zero-order chi connectivity index (χ0) is 22.6. The van der Waals surface area contributed by atoms with E-state index in [1.165, 1.54) is 50.1 Å². The topological polar surface area (TPSA) is 18.5 Å². The number of fused-ring (bicyclic) bond motifs is 6. The van der Waals surface area contributed by atoms with Crippen molar-refractivity contribution in [3.05, 3.63) is 45.1 Å². The van der Waals surface area contributed by atoms with Gasteiger partial charge in [-0.25, -0.2) is 0 Å². The smallest absolute Gasteiger partial charge is 0.140 e. The van der Waals surface area contributed by atoms with Gasteiger partial charge in [0.1, 0.15) is 22.7 Å². The number of aryl methyl sites for hydroxylation is 1. The Kier molecular flexibility index (Phi) is 4.40. The van der Waals surface area contributed by atoms with Crippen LogP contribution in [0.2, 0.25) is 0 Å². The predicted molar refractivity (Wildman–Crippen MR) is 140 cm³/mol. The van der Waals surface area contributed by atoms with Crippen molar-refractivity contribution in [1.29, 1.82) is 0 Å². The summed E-state index contributed by atoms with van der Waals surface area (Å²) < 4.78 is 12.9. The van der Waals surface area contributed by atoms with E-state index < -0.39 is 0 Å². The summed E-state index contributed by atoms with van der Waals surface area (Å²) in [4.78, 5) is 10.6. The van der Waals surface area contributed by atoms with E-state index in [0.29, 0.717) is 5.92 Å². The summed E-state index contributed by atoms with van der Waals surface area (Å²) in [5, 5.41) is 0. The van der Waals surface area contributed by atoms with Crippen molar-refractivity contribution in [1.82, 2.24) is 0 Å². The van der Waals surface area contributed by atoms with Crippen LogP contribution >= 0.6 is 45.3 Å². The maximum absolute atomic E-state index is 6.49. The van der Waals surface area contributed by atoms with Crippen LogP contribution in [-0.2, 0) is 11.2 Å².